The van der Waals surface area contributed by atoms with Gasteiger partial charge in [0.1, 0.15) is 0 Å². The Morgan fingerprint density at radius 2 is 1.64 bits per heavy atom. The van der Waals surface area contributed by atoms with Crippen molar-refractivity contribution < 1.29 is 14.9 Å². The lowest BCUT2D eigenvalue weighted by molar-refractivity contribution is -0.0285. The van der Waals surface area contributed by atoms with Crippen molar-refractivity contribution in [2.75, 3.05) is 52.5 Å². The van der Waals surface area contributed by atoms with Crippen molar-refractivity contribution in [3.63, 3.8) is 0 Å². The number of aliphatic hydroxyl groups is 2. The zero-order chi connectivity index (χ0) is 16.5. The minimum atomic E-state index is -0.461. The van der Waals surface area contributed by atoms with Crippen LogP contribution < -0.4 is 0 Å². The van der Waals surface area contributed by atoms with Crippen molar-refractivity contribution in [2.24, 2.45) is 0 Å². The first kappa shape index (κ1) is 24.6. The van der Waals surface area contributed by atoms with Crippen LogP contribution in [-0.2, 0) is 4.74 Å². The van der Waals surface area contributed by atoms with Crippen LogP contribution in [0.25, 0.3) is 0 Å². The molecule has 1 fully saturated rings. The maximum Gasteiger partial charge on any atom is 0.0900 e. The van der Waals surface area contributed by atoms with Crippen molar-refractivity contribution >= 4 is 24.8 Å². The number of rotatable bonds is 9. The summed E-state index contributed by atoms with van der Waals surface area (Å²) in [5, 5.41) is 19.2. The third kappa shape index (κ3) is 8.69. The standard InChI is InChI=1S/C18H30N2O3.2ClH/c1-2-18(16-6-4-3-5-7-16)23-15-17(22)14-20-10-8-19(9-11-20)12-13-21;;/h3-7,17-18,21-22H,2,8-15H2,1H3;2*1H. The van der Waals surface area contributed by atoms with Crippen LogP contribution in [0.1, 0.15) is 25.0 Å². The fraction of sp³-hybridized carbons (Fsp3) is 0.667. The van der Waals surface area contributed by atoms with Gasteiger partial charge in [-0.15, -0.1) is 24.8 Å². The molecule has 0 bridgehead atoms. The van der Waals surface area contributed by atoms with Crippen LogP contribution in [0.2, 0.25) is 0 Å². The molecule has 1 aliphatic heterocycles. The second kappa shape index (κ2) is 13.8. The number of benzene rings is 1. The van der Waals surface area contributed by atoms with E-state index in [1.165, 1.54) is 5.56 Å². The summed E-state index contributed by atoms with van der Waals surface area (Å²) in [6.07, 6.45) is 0.487. The van der Waals surface area contributed by atoms with E-state index >= 15 is 0 Å². The van der Waals surface area contributed by atoms with Crippen molar-refractivity contribution in [1.29, 1.82) is 0 Å². The Hall–Kier alpha value is -0.400. The molecule has 1 saturated heterocycles. The maximum absolute atomic E-state index is 10.2. The van der Waals surface area contributed by atoms with Gasteiger partial charge in [-0.3, -0.25) is 9.80 Å². The van der Waals surface area contributed by atoms with Crippen LogP contribution >= 0.6 is 24.8 Å². The summed E-state index contributed by atoms with van der Waals surface area (Å²) < 4.78 is 5.92. The molecule has 0 aliphatic carbocycles. The highest BCUT2D eigenvalue weighted by Crippen LogP contribution is 2.20. The smallest absolute Gasteiger partial charge is 0.0900 e. The van der Waals surface area contributed by atoms with Gasteiger partial charge in [0, 0.05) is 39.3 Å². The molecule has 1 aromatic carbocycles. The van der Waals surface area contributed by atoms with Crippen LogP contribution in [0.15, 0.2) is 30.3 Å². The molecular weight excluding hydrogens is 363 g/mol. The fourth-order valence-electron chi connectivity index (χ4n) is 3.03. The van der Waals surface area contributed by atoms with E-state index in [9.17, 15) is 5.11 Å². The number of nitrogens with zero attached hydrogens (tertiary/aromatic N) is 2. The summed E-state index contributed by atoms with van der Waals surface area (Å²) in [5.41, 5.74) is 1.17. The van der Waals surface area contributed by atoms with Gasteiger partial charge in [-0.2, -0.15) is 0 Å². The lowest BCUT2D eigenvalue weighted by Crippen LogP contribution is -2.49. The molecule has 2 unspecified atom stereocenters. The van der Waals surface area contributed by atoms with Crippen molar-refractivity contribution in [2.45, 2.75) is 25.6 Å². The first-order valence-electron chi connectivity index (χ1n) is 8.63. The summed E-state index contributed by atoms with van der Waals surface area (Å²) in [5.74, 6) is 0. The summed E-state index contributed by atoms with van der Waals surface area (Å²) in [6.45, 7) is 7.86. The van der Waals surface area contributed by atoms with Gasteiger partial charge in [0.2, 0.25) is 0 Å². The Morgan fingerprint density at radius 1 is 1.04 bits per heavy atom. The Morgan fingerprint density at radius 3 is 2.20 bits per heavy atom. The average molecular weight is 395 g/mol. The second-order valence-corrected chi connectivity index (χ2v) is 6.16. The Balaban J connectivity index is 0.00000288. The van der Waals surface area contributed by atoms with E-state index in [-0.39, 0.29) is 37.5 Å². The summed E-state index contributed by atoms with van der Waals surface area (Å²) >= 11 is 0. The molecule has 2 N–H and O–H groups in total. The molecule has 0 saturated carbocycles. The van der Waals surface area contributed by atoms with Crippen LogP contribution in [-0.4, -0.2) is 78.6 Å². The maximum atomic E-state index is 10.2. The van der Waals surface area contributed by atoms with E-state index in [0.29, 0.717) is 13.2 Å². The summed E-state index contributed by atoms with van der Waals surface area (Å²) in [6, 6.07) is 10.2. The van der Waals surface area contributed by atoms with E-state index in [0.717, 1.165) is 39.1 Å². The fourth-order valence-corrected chi connectivity index (χ4v) is 3.03. The van der Waals surface area contributed by atoms with Gasteiger partial charge in [0.05, 0.1) is 25.4 Å². The van der Waals surface area contributed by atoms with Crippen molar-refractivity contribution in [1.82, 2.24) is 9.80 Å². The molecule has 146 valence electrons. The molecule has 5 nitrogen and oxygen atoms in total. The highest BCUT2D eigenvalue weighted by atomic mass is 35.5. The van der Waals surface area contributed by atoms with E-state index in [1.807, 2.05) is 18.2 Å². The molecule has 0 aromatic heterocycles. The Bertz CT molecular complexity index is 432. The molecule has 1 aliphatic rings. The molecule has 0 amide bonds. The molecule has 0 spiro atoms. The van der Waals surface area contributed by atoms with Crippen LogP contribution in [0.3, 0.4) is 0 Å². The zero-order valence-electron chi connectivity index (χ0n) is 14.9. The largest absolute Gasteiger partial charge is 0.395 e. The van der Waals surface area contributed by atoms with Crippen LogP contribution in [0.4, 0.5) is 0 Å². The van der Waals surface area contributed by atoms with Gasteiger partial charge < -0.3 is 14.9 Å². The molecule has 2 rings (SSSR count). The average Bonchev–Trinajstić information content (AvgIpc) is 2.58. The molecule has 25 heavy (non-hydrogen) atoms. The van der Waals surface area contributed by atoms with Gasteiger partial charge in [-0.05, 0) is 12.0 Å². The Kier molecular flexibility index (Phi) is 13.5. The monoisotopic (exact) mass is 394 g/mol. The van der Waals surface area contributed by atoms with Gasteiger partial charge in [-0.1, -0.05) is 37.3 Å². The van der Waals surface area contributed by atoms with Crippen molar-refractivity contribution in [3.8, 4) is 0 Å². The summed E-state index contributed by atoms with van der Waals surface area (Å²) in [4.78, 5) is 4.52. The molecule has 2 atom stereocenters. The van der Waals surface area contributed by atoms with Crippen molar-refractivity contribution in [3.05, 3.63) is 35.9 Å². The lowest BCUT2D eigenvalue weighted by Gasteiger charge is -2.35. The SMILES string of the molecule is CCC(OCC(O)CN1CCN(CCO)CC1)c1ccccc1.Cl.Cl. The molecular formula is C18H32Cl2N2O3. The minimum Gasteiger partial charge on any atom is -0.395 e. The topological polar surface area (TPSA) is 56.2 Å². The molecule has 0 radical (unpaired) electrons. The number of halogens is 2. The lowest BCUT2D eigenvalue weighted by atomic mass is 10.1. The second-order valence-electron chi connectivity index (χ2n) is 6.16. The number of β-amino-alcohol motifs (C(OH)–C–C–N with tert-alkyl or cyclic N) is 2. The van der Waals surface area contributed by atoms with Gasteiger partial charge >= 0.3 is 0 Å². The molecule has 1 aromatic rings. The normalized spacial score (nSPS) is 18.0. The number of piperazine rings is 1. The predicted molar refractivity (Wildman–Crippen MR) is 106 cm³/mol. The first-order chi connectivity index (χ1) is 11.2. The van der Waals surface area contributed by atoms with Gasteiger partial charge in [0.25, 0.3) is 0 Å². The number of hydrogen-bond acceptors (Lipinski definition) is 5. The van der Waals surface area contributed by atoms with E-state index in [1.54, 1.807) is 0 Å². The van der Waals surface area contributed by atoms with Gasteiger partial charge in [0.15, 0.2) is 0 Å². The minimum absolute atomic E-state index is 0. The summed E-state index contributed by atoms with van der Waals surface area (Å²) in [7, 11) is 0. The van der Waals surface area contributed by atoms with Crippen LogP contribution in [0.5, 0.6) is 0 Å². The molecule has 7 heteroatoms. The first-order valence-corrected chi connectivity index (χ1v) is 8.63. The van der Waals surface area contributed by atoms with E-state index in [4.69, 9.17) is 9.84 Å². The number of hydrogen-bond donors (Lipinski definition) is 2. The van der Waals surface area contributed by atoms with Crippen LogP contribution in [0, 0.1) is 0 Å². The number of ether oxygens (including phenoxy) is 1. The van der Waals surface area contributed by atoms with Gasteiger partial charge in [-0.25, -0.2) is 0 Å². The zero-order valence-corrected chi connectivity index (χ0v) is 16.6. The third-order valence-corrected chi connectivity index (χ3v) is 4.38. The predicted octanol–water partition coefficient (Wildman–Crippen LogP) is 1.97. The number of aliphatic hydroxyl groups excluding tert-OH is 2. The van der Waals surface area contributed by atoms with E-state index < -0.39 is 6.10 Å². The Labute approximate surface area is 163 Å². The highest BCUT2D eigenvalue weighted by Gasteiger charge is 2.20. The highest BCUT2D eigenvalue weighted by molar-refractivity contribution is 5.85. The van der Waals surface area contributed by atoms with E-state index in [2.05, 4.69) is 28.9 Å². The molecule has 1 heterocycles. The quantitative estimate of drug-likeness (QED) is 0.670. The third-order valence-electron chi connectivity index (χ3n) is 4.38.